The second-order valence-corrected chi connectivity index (χ2v) is 8.42. The predicted molar refractivity (Wildman–Crippen MR) is 120 cm³/mol. The van der Waals surface area contributed by atoms with E-state index in [0.29, 0.717) is 30.2 Å². The first kappa shape index (κ1) is 21.9. The van der Waals surface area contributed by atoms with Crippen LogP contribution in [0.4, 0.5) is 10.3 Å². The molecule has 0 N–H and O–H groups in total. The number of hydrogen-bond acceptors (Lipinski definition) is 6. The molecule has 0 spiro atoms. The number of anilines is 1. The van der Waals surface area contributed by atoms with Gasteiger partial charge in [-0.25, -0.2) is 14.4 Å². The van der Waals surface area contributed by atoms with Crippen LogP contribution in [-0.4, -0.2) is 46.6 Å². The molecule has 168 valence electrons. The van der Waals surface area contributed by atoms with E-state index in [1.54, 1.807) is 24.4 Å². The predicted octanol–water partition coefficient (Wildman–Crippen LogP) is 4.25. The van der Waals surface area contributed by atoms with Crippen LogP contribution in [0.1, 0.15) is 47.8 Å². The molecule has 0 aliphatic carbocycles. The van der Waals surface area contributed by atoms with Crippen LogP contribution in [0.3, 0.4) is 0 Å². The highest BCUT2D eigenvalue weighted by Gasteiger charge is 2.34. The summed E-state index contributed by atoms with van der Waals surface area (Å²) in [6.07, 6.45) is 4.05. The Bertz CT molecular complexity index is 1130. The van der Waals surface area contributed by atoms with Gasteiger partial charge in [0.2, 0.25) is 11.9 Å². The Morgan fingerprint density at radius 2 is 2.06 bits per heavy atom. The van der Waals surface area contributed by atoms with Crippen molar-refractivity contribution >= 4 is 11.9 Å². The van der Waals surface area contributed by atoms with Crippen LogP contribution in [0.2, 0.25) is 0 Å². The largest absolute Gasteiger partial charge is 0.356 e. The minimum Gasteiger partial charge on any atom is -0.356 e. The summed E-state index contributed by atoms with van der Waals surface area (Å²) in [6, 6.07) is 6.41. The molecule has 1 aliphatic rings. The van der Waals surface area contributed by atoms with E-state index < -0.39 is 0 Å². The molecule has 3 heterocycles. The molecule has 0 bridgehead atoms. The number of amides is 1. The molecular weight excluding hydrogens is 409 g/mol. The van der Waals surface area contributed by atoms with Gasteiger partial charge < -0.3 is 14.3 Å². The van der Waals surface area contributed by atoms with Gasteiger partial charge in [-0.3, -0.25) is 4.79 Å². The van der Waals surface area contributed by atoms with Gasteiger partial charge in [0.05, 0.1) is 23.0 Å². The van der Waals surface area contributed by atoms with Crippen LogP contribution in [0.15, 0.2) is 35.0 Å². The lowest BCUT2D eigenvalue weighted by Crippen LogP contribution is -2.32. The SMILES string of the molecule is Cc1noc(-c2cnc(N(C)C)nc2[C@@H]2CCCN2C(=O)CCc2ccccc2F)c1C. The monoisotopic (exact) mass is 437 g/mol. The second-order valence-electron chi connectivity index (χ2n) is 8.42. The van der Waals surface area contributed by atoms with Gasteiger partial charge in [0.15, 0.2) is 5.76 Å². The quantitative estimate of drug-likeness (QED) is 0.574. The van der Waals surface area contributed by atoms with Crippen molar-refractivity contribution in [2.75, 3.05) is 25.5 Å². The highest BCUT2D eigenvalue weighted by molar-refractivity contribution is 5.78. The van der Waals surface area contributed by atoms with Crippen molar-refractivity contribution in [2.24, 2.45) is 0 Å². The van der Waals surface area contributed by atoms with Crippen molar-refractivity contribution in [3.8, 4) is 11.3 Å². The molecule has 1 atom stereocenters. The lowest BCUT2D eigenvalue weighted by molar-refractivity contribution is -0.132. The van der Waals surface area contributed by atoms with Crippen LogP contribution in [0, 0.1) is 19.7 Å². The van der Waals surface area contributed by atoms with Crippen molar-refractivity contribution < 1.29 is 13.7 Å². The third-order valence-electron chi connectivity index (χ3n) is 6.06. The van der Waals surface area contributed by atoms with E-state index in [2.05, 4.69) is 10.1 Å². The third kappa shape index (κ3) is 4.22. The van der Waals surface area contributed by atoms with E-state index in [0.717, 1.165) is 35.4 Å². The number of hydrogen-bond donors (Lipinski definition) is 0. The fourth-order valence-electron chi connectivity index (χ4n) is 4.13. The molecule has 0 unspecified atom stereocenters. The smallest absolute Gasteiger partial charge is 0.225 e. The molecule has 1 saturated heterocycles. The molecule has 7 nitrogen and oxygen atoms in total. The maximum Gasteiger partial charge on any atom is 0.225 e. The fourth-order valence-corrected chi connectivity index (χ4v) is 4.13. The van der Waals surface area contributed by atoms with Crippen molar-refractivity contribution in [1.82, 2.24) is 20.0 Å². The van der Waals surface area contributed by atoms with Crippen molar-refractivity contribution in [1.29, 1.82) is 0 Å². The Labute approximate surface area is 187 Å². The average molecular weight is 438 g/mol. The van der Waals surface area contributed by atoms with Crippen LogP contribution in [0.25, 0.3) is 11.3 Å². The summed E-state index contributed by atoms with van der Waals surface area (Å²) < 4.78 is 19.6. The first-order valence-corrected chi connectivity index (χ1v) is 10.9. The van der Waals surface area contributed by atoms with E-state index in [4.69, 9.17) is 9.51 Å². The van der Waals surface area contributed by atoms with Gasteiger partial charge >= 0.3 is 0 Å². The van der Waals surface area contributed by atoms with Gasteiger partial charge in [-0.2, -0.15) is 0 Å². The van der Waals surface area contributed by atoms with Crippen molar-refractivity contribution in [3.05, 3.63) is 58.8 Å². The molecule has 1 aliphatic heterocycles. The van der Waals surface area contributed by atoms with Gasteiger partial charge in [-0.15, -0.1) is 0 Å². The van der Waals surface area contributed by atoms with Gasteiger partial charge in [-0.1, -0.05) is 23.4 Å². The van der Waals surface area contributed by atoms with Crippen LogP contribution < -0.4 is 4.90 Å². The number of likely N-dealkylation sites (tertiary alicyclic amines) is 1. The van der Waals surface area contributed by atoms with Crippen molar-refractivity contribution in [3.63, 3.8) is 0 Å². The van der Waals surface area contributed by atoms with Gasteiger partial charge in [-0.05, 0) is 44.7 Å². The zero-order valence-electron chi connectivity index (χ0n) is 18.9. The van der Waals surface area contributed by atoms with E-state index in [9.17, 15) is 9.18 Å². The fraction of sp³-hybridized carbons (Fsp3) is 0.417. The number of nitrogens with zero attached hydrogens (tertiary/aromatic N) is 5. The highest BCUT2D eigenvalue weighted by Crippen LogP contribution is 2.38. The summed E-state index contributed by atoms with van der Waals surface area (Å²) in [5, 5.41) is 4.09. The number of benzene rings is 1. The minimum atomic E-state index is -0.275. The zero-order valence-corrected chi connectivity index (χ0v) is 18.9. The number of aryl methyl sites for hydroxylation is 2. The van der Waals surface area contributed by atoms with E-state index in [1.165, 1.54) is 6.07 Å². The highest BCUT2D eigenvalue weighted by atomic mass is 19.1. The Morgan fingerprint density at radius 3 is 2.75 bits per heavy atom. The molecule has 1 fully saturated rings. The van der Waals surface area contributed by atoms with Gasteiger partial charge in [0.1, 0.15) is 5.82 Å². The van der Waals surface area contributed by atoms with E-state index in [1.807, 2.05) is 37.7 Å². The van der Waals surface area contributed by atoms with E-state index >= 15 is 0 Å². The topological polar surface area (TPSA) is 75.4 Å². The number of carbonyl (C=O) groups excluding carboxylic acids is 1. The maximum atomic E-state index is 14.0. The molecule has 1 amide bonds. The summed E-state index contributed by atoms with van der Waals surface area (Å²) in [5.74, 6) is 0.928. The van der Waals surface area contributed by atoms with Gasteiger partial charge in [0.25, 0.3) is 0 Å². The molecule has 1 aromatic carbocycles. The molecule has 0 saturated carbocycles. The zero-order chi connectivity index (χ0) is 22.8. The lowest BCUT2D eigenvalue weighted by Gasteiger charge is -2.26. The van der Waals surface area contributed by atoms with Crippen molar-refractivity contribution in [2.45, 2.75) is 45.6 Å². The first-order valence-electron chi connectivity index (χ1n) is 10.9. The average Bonchev–Trinajstić information content (AvgIpc) is 3.40. The van der Waals surface area contributed by atoms with Crippen LogP contribution in [-0.2, 0) is 11.2 Å². The normalized spacial score (nSPS) is 15.9. The summed E-state index contributed by atoms with van der Waals surface area (Å²) in [7, 11) is 3.77. The first-order chi connectivity index (χ1) is 15.4. The maximum absolute atomic E-state index is 14.0. The molecule has 0 radical (unpaired) electrons. The molecule has 32 heavy (non-hydrogen) atoms. The summed E-state index contributed by atoms with van der Waals surface area (Å²) in [6.45, 7) is 4.50. The number of rotatable bonds is 6. The molecule has 8 heteroatoms. The molecular formula is C24H28FN5O2. The number of aromatic nitrogens is 3. The Balaban J connectivity index is 1.65. The van der Waals surface area contributed by atoms with Gasteiger partial charge in [0, 0.05) is 38.8 Å². The third-order valence-corrected chi connectivity index (χ3v) is 6.06. The van der Waals surface area contributed by atoms with Crippen LogP contribution >= 0.6 is 0 Å². The molecule has 3 aromatic rings. The molecule has 4 rings (SSSR count). The number of carbonyl (C=O) groups is 1. The summed E-state index contributed by atoms with van der Waals surface area (Å²) in [5.41, 5.74) is 3.82. The standard InChI is InChI=1S/C24H28FN5O2/c1-15-16(2)28-32-23(15)18-14-26-24(29(3)4)27-22(18)20-10-7-13-30(20)21(31)12-11-17-8-5-6-9-19(17)25/h5-6,8-9,14,20H,7,10-13H2,1-4H3/t20-/m0/s1. The Hall–Kier alpha value is -3.29. The lowest BCUT2D eigenvalue weighted by atomic mass is 10.0. The molecule has 2 aromatic heterocycles. The summed E-state index contributed by atoms with van der Waals surface area (Å²) in [4.78, 5) is 26.2. The Kier molecular flexibility index (Phi) is 6.21. The summed E-state index contributed by atoms with van der Waals surface area (Å²) >= 11 is 0. The Morgan fingerprint density at radius 1 is 1.28 bits per heavy atom. The minimum absolute atomic E-state index is 0.00260. The van der Waals surface area contributed by atoms with E-state index in [-0.39, 0.29) is 24.2 Å². The van der Waals surface area contributed by atoms with Crippen LogP contribution in [0.5, 0.6) is 0 Å². The number of halogens is 1. The second kappa shape index (κ2) is 9.06.